The van der Waals surface area contributed by atoms with Crippen molar-refractivity contribution in [3.8, 4) is 5.75 Å². The van der Waals surface area contributed by atoms with Crippen molar-refractivity contribution in [3.05, 3.63) is 71.3 Å². The molecule has 0 bridgehead atoms. The van der Waals surface area contributed by atoms with Crippen molar-refractivity contribution in [2.24, 2.45) is 0 Å². The molecule has 1 aliphatic rings. The van der Waals surface area contributed by atoms with Gasteiger partial charge in [-0.2, -0.15) is 0 Å². The molecule has 0 aliphatic heterocycles. The molecule has 0 aromatic heterocycles. The van der Waals surface area contributed by atoms with Crippen LogP contribution in [0.2, 0.25) is 0 Å². The predicted octanol–water partition coefficient (Wildman–Crippen LogP) is 4.15. The molecule has 2 aromatic carbocycles. The van der Waals surface area contributed by atoms with Crippen LogP contribution in [0.3, 0.4) is 0 Å². The molecule has 0 fully saturated rings. The molecule has 1 N–H and O–H groups in total. The van der Waals surface area contributed by atoms with Crippen LogP contribution in [0.4, 0.5) is 0 Å². The van der Waals surface area contributed by atoms with E-state index >= 15 is 0 Å². The SMILES string of the molecule is OC1CCCc2c(OCC=Cc3ccccc3)cccc21. The minimum atomic E-state index is -0.336. The molecule has 0 saturated carbocycles. The summed E-state index contributed by atoms with van der Waals surface area (Å²) in [5, 5.41) is 10.0. The van der Waals surface area contributed by atoms with Crippen molar-refractivity contribution < 1.29 is 9.84 Å². The zero-order valence-corrected chi connectivity index (χ0v) is 12.0. The average Bonchev–Trinajstić information content (AvgIpc) is 2.53. The van der Waals surface area contributed by atoms with E-state index in [4.69, 9.17) is 4.74 Å². The van der Waals surface area contributed by atoms with E-state index in [0.717, 1.165) is 30.6 Å². The van der Waals surface area contributed by atoms with Crippen LogP contribution in [-0.2, 0) is 6.42 Å². The fraction of sp³-hybridized carbons (Fsp3) is 0.263. The Labute approximate surface area is 125 Å². The molecule has 0 saturated heterocycles. The van der Waals surface area contributed by atoms with E-state index in [0.29, 0.717) is 6.61 Å². The molecule has 108 valence electrons. The van der Waals surface area contributed by atoms with Gasteiger partial charge in [0.25, 0.3) is 0 Å². The van der Waals surface area contributed by atoms with Crippen LogP contribution in [0.1, 0.15) is 35.6 Å². The van der Waals surface area contributed by atoms with E-state index in [2.05, 4.69) is 18.2 Å². The highest BCUT2D eigenvalue weighted by Crippen LogP contribution is 2.35. The zero-order valence-electron chi connectivity index (χ0n) is 12.0. The second kappa shape index (κ2) is 6.59. The maximum atomic E-state index is 10.0. The summed E-state index contributed by atoms with van der Waals surface area (Å²) in [6, 6.07) is 16.2. The summed E-state index contributed by atoms with van der Waals surface area (Å²) < 4.78 is 5.88. The van der Waals surface area contributed by atoms with Crippen LogP contribution in [0.25, 0.3) is 6.08 Å². The van der Waals surface area contributed by atoms with Crippen molar-refractivity contribution in [2.75, 3.05) is 6.61 Å². The highest BCUT2D eigenvalue weighted by atomic mass is 16.5. The Hall–Kier alpha value is -2.06. The van der Waals surface area contributed by atoms with Crippen LogP contribution in [0.5, 0.6) is 5.75 Å². The lowest BCUT2D eigenvalue weighted by Crippen LogP contribution is -2.11. The van der Waals surface area contributed by atoms with Crippen LogP contribution in [-0.4, -0.2) is 11.7 Å². The van der Waals surface area contributed by atoms with E-state index in [1.807, 2.05) is 42.5 Å². The zero-order chi connectivity index (χ0) is 14.5. The molecule has 0 heterocycles. The number of hydrogen-bond acceptors (Lipinski definition) is 2. The Morgan fingerprint density at radius 2 is 1.95 bits per heavy atom. The van der Waals surface area contributed by atoms with Gasteiger partial charge in [-0.25, -0.2) is 0 Å². The van der Waals surface area contributed by atoms with Gasteiger partial charge < -0.3 is 9.84 Å². The smallest absolute Gasteiger partial charge is 0.123 e. The highest BCUT2D eigenvalue weighted by Gasteiger charge is 2.20. The lowest BCUT2D eigenvalue weighted by molar-refractivity contribution is 0.155. The summed E-state index contributed by atoms with van der Waals surface area (Å²) in [7, 11) is 0. The fourth-order valence-corrected chi connectivity index (χ4v) is 2.81. The monoisotopic (exact) mass is 280 g/mol. The molecule has 0 amide bonds. The number of rotatable bonds is 4. The number of benzene rings is 2. The van der Waals surface area contributed by atoms with Crippen molar-refractivity contribution in [2.45, 2.75) is 25.4 Å². The van der Waals surface area contributed by atoms with E-state index < -0.39 is 0 Å². The molecule has 21 heavy (non-hydrogen) atoms. The second-order valence-electron chi connectivity index (χ2n) is 5.36. The van der Waals surface area contributed by atoms with Crippen LogP contribution >= 0.6 is 0 Å². The highest BCUT2D eigenvalue weighted by molar-refractivity contribution is 5.49. The normalized spacial score (nSPS) is 17.7. The first-order chi connectivity index (χ1) is 10.3. The van der Waals surface area contributed by atoms with Crippen LogP contribution in [0.15, 0.2) is 54.6 Å². The lowest BCUT2D eigenvalue weighted by atomic mass is 9.89. The van der Waals surface area contributed by atoms with E-state index in [1.54, 1.807) is 0 Å². The summed E-state index contributed by atoms with van der Waals surface area (Å²) in [6.07, 6.45) is 6.61. The van der Waals surface area contributed by atoms with E-state index in [9.17, 15) is 5.11 Å². The standard InChI is InChI=1S/C19H20O2/c20-18-12-4-11-17-16(18)10-5-13-19(17)21-14-6-9-15-7-2-1-3-8-15/h1-3,5-10,13,18,20H,4,11-12,14H2. The molecule has 2 nitrogen and oxygen atoms in total. The third-order valence-corrected chi connectivity index (χ3v) is 3.88. The van der Waals surface area contributed by atoms with Gasteiger partial charge in [-0.05, 0) is 48.1 Å². The molecular formula is C19H20O2. The van der Waals surface area contributed by atoms with Crippen LogP contribution in [0, 0.1) is 0 Å². The third-order valence-electron chi connectivity index (χ3n) is 3.88. The molecule has 1 atom stereocenters. The van der Waals surface area contributed by atoms with Gasteiger partial charge in [0.15, 0.2) is 0 Å². The molecule has 3 rings (SSSR count). The van der Waals surface area contributed by atoms with E-state index in [-0.39, 0.29) is 6.10 Å². The Morgan fingerprint density at radius 1 is 1.10 bits per heavy atom. The number of aliphatic hydroxyl groups is 1. The van der Waals surface area contributed by atoms with Gasteiger partial charge >= 0.3 is 0 Å². The fourth-order valence-electron chi connectivity index (χ4n) is 2.81. The Morgan fingerprint density at radius 3 is 2.81 bits per heavy atom. The number of hydrogen-bond donors (Lipinski definition) is 1. The largest absolute Gasteiger partial charge is 0.489 e. The Bertz CT molecular complexity index is 617. The topological polar surface area (TPSA) is 29.5 Å². The van der Waals surface area contributed by atoms with Crippen molar-refractivity contribution in [3.63, 3.8) is 0 Å². The quantitative estimate of drug-likeness (QED) is 0.911. The van der Waals surface area contributed by atoms with Gasteiger partial charge in [0, 0.05) is 0 Å². The second-order valence-corrected chi connectivity index (χ2v) is 5.36. The van der Waals surface area contributed by atoms with Gasteiger partial charge in [0.1, 0.15) is 12.4 Å². The van der Waals surface area contributed by atoms with Crippen LogP contribution < -0.4 is 4.74 Å². The molecule has 0 spiro atoms. The van der Waals surface area contributed by atoms with Gasteiger partial charge in [-0.1, -0.05) is 48.5 Å². The van der Waals surface area contributed by atoms with Gasteiger partial charge in [-0.15, -0.1) is 0 Å². The maximum Gasteiger partial charge on any atom is 0.123 e. The molecule has 0 radical (unpaired) electrons. The minimum Gasteiger partial charge on any atom is -0.489 e. The predicted molar refractivity (Wildman–Crippen MR) is 85.3 cm³/mol. The van der Waals surface area contributed by atoms with Crippen molar-refractivity contribution in [1.29, 1.82) is 0 Å². The lowest BCUT2D eigenvalue weighted by Gasteiger charge is -2.23. The summed E-state index contributed by atoms with van der Waals surface area (Å²) in [6.45, 7) is 0.543. The summed E-state index contributed by atoms with van der Waals surface area (Å²) in [5.74, 6) is 0.906. The molecule has 1 unspecified atom stereocenters. The van der Waals surface area contributed by atoms with Crippen molar-refractivity contribution >= 4 is 6.08 Å². The molecule has 1 aliphatic carbocycles. The summed E-state index contributed by atoms with van der Waals surface area (Å²) >= 11 is 0. The minimum absolute atomic E-state index is 0.336. The first-order valence-electron chi connectivity index (χ1n) is 7.49. The first kappa shape index (κ1) is 13.9. The molecule has 2 aromatic rings. The number of aliphatic hydroxyl groups excluding tert-OH is 1. The van der Waals surface area contributed by atoms with E-state index in [1.165, 1.54) is 11.1 Å². The first-order valence-corrected chi connectivity index (χ1v) is 7.49. The van der Waals surface area contributed by atoms with Gasteiger partial charge in [0.05, 0.1) is 6.10 Å². The molecular weight excluding hydrogens is 260 g/mol. The average molecular weight is 280 g/mol. The maximum absolute atomic E-state index is 10.0. The Kier molecular flexibility index (Phi) is 4.37. The number of fused-ring (bicyclic) bond motifs is 1. The summed E-state index contributed by atoms with van der Waals surface area (Å²) in [4.78, 5) is 0. The number of ether oxygens (including phenoxy) is 1. The molecule has 2 heteroatoms. The van der Waals surface area contributed by atoms with Gasteiger partial charge in [0.2, 0.25) is 0 Å². The Balaban J connectivity index is 1.66. The van der Waals surface area contributed by atoms with Crippen molar-refractivity contribution in [1.82, 2.24) is 0 Å². The third kappa shape index (κ3) is 3.34. The van der Waals surface area contributed by atoms with Gasteiger partial charge in [-0.3, -0.25) is 0 Å². The summed E-state index contributed by atoms with van der Waals surface area (Å²) in [5.41, 5.74) is 3.38.